The van der Waals surface area contributed by atoms with Gasteiger partial charge in [0.05, 0.1) is 50.8 Å². The van der Waals surface area contributed by atoms with E-state index in [0.29, 0.717) is 46.4 Å². The van der Waals surface area contributed by atoms with Crippen LogP contribution in [-0.2, 0) is 15.0 Å². The molecule has 3 aromatic rings. The van der Waals surface area contributed by atoms with Crippen molar-refractivity contribution in [1.29, 1.82) is 0 Å². The number of anilines is 1. The third-order valence-corrected chi connectivity index (χ3v) is 6.91. The van der Waals surface area contributed by atoms with Gasteiger partial charge in [0.2, 0.25) is 0 Å². The molecule has 1 heterocycles. The number of hydrogen-bond acceptors (Lipinski definition) is 7. The summed E-state index contributed by atoms with van der Waals surface area (Å²) in [4.78, 5) is 28.8. The third kappa shape index (κ3) is 5.09. The summed E-state index contributed by atoms with van der Waals surface area (Å²) in [5, 5.41) is 11.8. The van der Waals surface area contributed by atoms with Crippen LogP contribution >= 0.6 is 0 Å². The molecule has 0 aliphatic carbocycles. The Morgan fingerprint density at radius 3 is 2.12 bits per heavy atom. The molecule has 1 fully saturated rings. The van der Waals surface area contributed by atoms with Crippen molar-refractivity contribution in [1.82, 2.24) is 0 Å². The molecule has 1 N–H and O–H groups in total. The second-order valence-corrected chi connectivity index (χ2v) is 10.3. The Labute approximate surface area is 234 Å². The number of para-hydroxylation sites is 2. The zero-order valence-electron chi connectivity index (χ0n) is 23.9. The van der Waals surface area contributed by atoms with Crippen LogP contribution in [0, 0.1) is 0 Å². The molecule has 0 radical (unpaired) electrons. The predicted molar refractivity (Wildman–Crippen MR) is 154 cm³/mol. The summed E-state index contributed by atoms with van der Waals surface area (Å²) in [6, 6.07) is 16.6. The fraction of sp³-hybridized carbons (Fsp3) is 0.312. The van der Waals surface area contributed by atoms with Gasteiger partial charge in [0, 0.05) is 0 Å². The van der Waals surface area contributed by atoms with E-state index in [2.05, 4.69) is 0 Å². The van der Waals surface area contributed by atoms with Crippen LogP contribution in [0.4, 0.5) is 5.69 Å². The number of hydrogen-bond donors (Lipinski definition) is 1. The van der Waals surface area contributed by atoms with E-state index in [1.54, 1.807) is 54.6 Å². The second-order valence-electron chi connectivity index (χ2n) is 10.3. The van der Waals surface area contributed by atoms with Crippen molar-refractivity contribution in [2.75, 3.05) is 32.8 Å². The lowest BCUT2D eigenvalue weighted by atomic mass is 9.85. The molecule has 1 unspecified atom stereocenters. The highest BCUT2D eigenvalue weighted by molar-refractivity contribution is 6.52. The highest BCUT2D eigenvalue weighted by atomic mass is 16.5. The second kappa shape index (κ2) is 11.3. The van der Waals surface area contributed by atoms with Crippen LogP contribution in [-0.4, -0.2) is 44.7 Å². The fourth-order valence-electron chi connectivity index (χ4n) is 4.86. The number of rotatable bonds is 8. The minimum Gasteiger partial charge on any atom is -0.507 e. The molecule has 1 aliphatic heterocycles. The van der Waals surface area contributed by atoms with Gasteiger partial charge in [-0.15, -0.1) is 0 Å². The first-order chi connectivity index (χ1) is 19.1. The first-order valence-electron chi connectivity index (χ1n) is 13.0. The molecular weight excluding hydrogens is 510 g/mol. The van der Waals surface area contributed by atoms with Crippen LogP contribution in [0.1, 0.15) is 50.4 Å². The van der Waals surface area contributed by atoms with E-state index in [1.807, 2.05) is 33.8 Å². The molecule has 1 atom stereocenters. The molecule has 1 saturated heterocycles. The van der Waals surface area contributed by atoms with Crippen LogP contribution < -0.4 is 23.8 Å². The molecule has 8 nitrogen and oxygen atoms in total. The van der Waals surface area contributed by atoms with Gasteiger partial charge in [0.15, 0.2) is 11.5 Å². The zero-order valence-corrected chi connectivity index (χ0v) is 23.9. The Bertz CT molecular complexity index is 1470. The fourth-order valence-corrected chi connectivity index (χ4v) is 4.86. The number of nitrogens with zero attached hydrogens (tertiary/aromatic N) is 1. The molecule has 1 amide bonds. The van der Waals surface area contributed by atoms with Crippen molar-refractivity contribution in [3.8, 4) is 23.0 Å². The number of Topliss-reactive ketones (excluding diaryl/α,β-unsaturated/α-hetero) is 1. The Hall–Kier alpha value is -4.46. The van der Waals surface area contributed by atoms with E-state index >= 15 is 0 Å². The predicted octanol–water partition coefficient (Wildman–Crippen LogP) is 6.03. The smallest absolute Gasteiger partial charge is 0.300 e. The molecule has 0 bridgehead atoms. The average Bonchev–Trinajstić information content (AvgIpc) is 3.21. The quantitative estimate of drug-likeness (QED) is 0.210. The van der Waals surface area contributed by atoms with Crippen molar-refractivity contribution < 1.29 is 33.6 Å². The number of aliphatic hydroxyl groups is 1. The van der Waals surface area contributed by atoms with Gasteiger partial charge in [0.1, 0.15) is 17.3 Å². The highest BCUT2D eigenvalue weighted by Crippen LogP contribution is 2.47. The number of benzene rings is 3. The lowest BCUT2D eigenvalue weighted by Gasteiger charge is -2.27. The topological polar surface area (TPSA) is 94.5 Å². The van der Waals surface area contributed by atoms with Gasteiger partial charge >= 0.3 is 0 Å². The number of aliphatic hydroxyl groups excluding tert-OH is 1. The van der Waals surface area contributed by atoms with Gasteiger partial charge in [-0.1, -0.05) is 45.0 Å². The minimum absolute atomic E-state index is 0.0760. The van der Waals surface area contributed by atoms with E-state index in [1.165, 1.54) is 26.2 Å². The lowest BCUT2D eigenvalue weighted by molar-refractivity contribution is -0.132. The summed E-state index contributed by atoms with van der Waals surface area (Å²) in [5.74, 6) is -0.240. The summed E-state index contributed by atoms with van der Waals surface area (Å²) >= 11 is 0. The molecule has 1 aliphatic rings. The molecule has 4 rings (SSSR count). The van der Waals surface area contributed by atoms with Crippen LogP contribution in [0.2, 0.25) is 0 Å². The van der Waals surface area contributed by atoms with Crippen molar-refractivity contribution in [2.24, 2.45) is 0 Å². The number of ketones is 1. The van der Waals surface area contributed by atoms with Gasteiger partial charge in [-0.05, 0) is 59.9 Å². The van der Waals surface area contributed by atoms with E-state index in [9.17, 15) is 14.7 Å². The Morgan fingerprint density at radius 2 is 1.50 bits per heavy atom. The molecule has 210 valence electrons. The molecule has 40 heavy (non-hydrogen) atoms. The number of amides is 1. The van der Waals surface area contributed by atoms with E-state index in [-0.39, 0.29) is 16.7 Å². The maximum atomic E-state index is 13.8. The zero-order chi connectivity index (χ0) is 29.2. The Balaban J connectivity index is 2.05. The normalized spacial score (nSPS) is 16.7. The molecule has 0 aromatic heterocycles. The maximum absolute atomic E-state index is 13.8. The molecule has 8 heteroatoms. The number of carbonyl (C=O) groups excluding carboxylic acids is 2. The van der Waals surface area contributed by atoms with Crippen LogP contribution in [0.3, 0.4) is 0 Å². The van der Waals surface area contributed by atoms with Crippen LogP contribution in [0.15, 0.2) is 66.2 Å². The largest absolute Gasteiger partial charge is 0.507 e. The highest BCUT2D eigenvalue weighted by Gasteiger charge is 2.48. The summed E-state index contributed by atoms with van der Waals surface area (Å²) < 4.78 is 22.4. The van der Waals surface area contributed by atoms with Gasteiger partial charge in [-0.3, -0.25) is 14.5 Å². The maximum Gasteiger partial charge on any atom is 0.300 e. The van der Waals surface area contributed by atoms with Gasteiger partial charge in [-0.25, -0.2) is 0 Å². The van der Waals surface area contributed by atoms with Gasteiger partial charge < -0.3 is 24.1 Å². The first kappa shape index (κ1) is 28.5. The Kier molecular flexibility index (Phi) is 8.09. The molecule has 0 saturated carbocycles. The molecular formula is C32H35NO7. The van der Waals surface area contributed by atoms with E-state index in [0.717, 1.165) is 5.56 Å². The van der Waals surface area contributed by atoms with Crippen molar-refractivity contribution >= 4 is 23.1 Å². The van der Waals surface area contributed by atoms with E-state index in [4.69, 9.17) is 18.9 Å². The summed E-state index contributed by atoms with van der Waals surface area (Å²) in [5.41, 5.74) is 1.85. The van der Waals surface area contributed by atoms with Crippen LogP contribution in [0.5, 0.6) is 23.0 Å². The van der Waals surface area contributed by atoms with Gasteiger partial charge in [0.25, 0.3) is 11.7 Å². The summed E-state index contributed by atoms with van der Waals surface area (Å²) in [6.45, 7) is 8.37. The van der Waals surface area contributed by atoms with Crippen molar-refractivity contribution in [3.63, 3.8) is 0 Å². The summed E-state index contributed by atoms with van der Waals surface area (Å²) in [6.07, 6.45) is 0. The monoisotopic (exact) mass is 545 g/mol. The Morgan fingerprint density at radius 1 is 0.850 bits per heavy atom. The number of ether oxygens (including phenoxy) is 4. The molecule has 3 aromatic carbocycles. The summed E-state index contributed by atoms with van der Waals surface area (Å²) in [7, 11) is 4.52. The first-order valence-corrected chi connectivity index (χ1v) is 13.0. The average molecular weight is 546 g/mol. The standard InChI is InChI=1S/C32H35NO7/c1-8-40-26-17-19(13-15-25(26)39-7)28-27(29(34)21-18-20(32(2,3)4)14-16-23(21)37-5)30(35)31(36)33(28)22-11-9-10-12-24(22)38-6/h9-18,28,34H,8H2,1-7H3/b29-27+. The lowest BCUT2D eigenvalue weighted by Crippen LogP contribution is -2.29. The van der Waals surface area contributed by atoms with Gasteiger partial charge in [-0.2, -0.15) is 0 Å². The number of methoxy groups -OCH3 is 3. The SMILES string of the molecule is CCOc1cc(C2/C(=C(\O)c3cc(C(C)(C)C)ccc3OC)C(=O)C(=O)N2c2ccccc2OC)ccc1OC. The van der Waals surface area contributed by atoms with Crippen LogP contribution in [0.25, 0.3) is 5.76 Å². The third-order valence-electron chi connectivity index (χ3n) is 6.91. The molecule has 0 spiro atoms. The van der Waals surface area contributed by atoms with Crippen molar-refractivity contribution in [2.45, 2.75) is 39.2 Å². The minimum atomic E-state index is -0.996. The van der Waals surface area contributed by atoms with E-state index < -0.39 is 17.7 Å². The number of carbonyl (C=O) groups is 2. The van der Waals surface area contributed by atoms with Crippen molar-refractivity contribution in [3.05, 3.63) is 82.9 Å².